The molecule has 0 aliphatic heterocycles. The highest BCUT2D eigenvalue weighted by Gasteiger charge is 2.19. The molecule has 1 fully saturated rings. The molecule has 0 unspecified atom stereocenters. The summed E-state index contributed by atoms with van der Waals surface area (Å²) in [6.07, 6.45) is 7.64. The molecule has 6 heteroatoms. The molecule has 1 aromatic rings. The summed E-state index contributed by atoms with van der Waals surface area (Å²) < 4.78 is 0. The highest BCUT2D eigenvalue weighted by atomic mass is 16.6. The fourth-order valence-corrected chi connectivity index (χ4v) is 2.91. The topological polar surface area (TPSA) is 93.2 Å². The number of nitrogens with one attached hydrogen (secondary N) is 2. The van der Waals surface area contributed by atoms with E-state index in [2.05, 4.69) is 10.7 Å². The summed E-state index contributed by atoms with van der Waals surface area (Å²) in [6.45, 7) is 0.755. The van der Waals surface area contributed by atoms with Crippen molar-refractivity contribution >= 4 is 17.1 Å². The van der Waals surface area contributed by atoms with E-state index in [1.807, 2.05) is 0 Å². The van der Waals surface area contributed by atoms with E-state index in [0.29, 0.717) is 11.4 Å². The minimum absolute atomic E-state index is 0.0101. The molecule has 0 atom stereocenters. The van der Waals surface area contributed by atoms with Crippen LogP contribution in [0.4, 0.5) is 17.1 Å². The Morgan fingerprint density at radius 1 is 1.30 bits per heavy atom. The summed E-state index contributed by atoms with van der Waals surface area (Å²) >= 11 is 0. The average Bonchev–Trinajstić information content (AvgIpc) is 2.96. The highest BCUT2D eigenvalue weighted by Crippen LogP contribution is 2.32. The predicted molar refractivity (Wildman–Crippen MR) is 80.6 cm³/mol. The van der Waals surface area contributed by atoms with Gasteiger partial charge in [-0.25, -0.2) is 0 Å². The number of hydrogen-bond donors (Lipinski definition) is 3. The van der Waals surface area contributed by atoms with Gasteiger partial charge < -0.3 is 10.7 Å². The average molecular weight is 278 g/mol. The van der Waals surface area contributed by atoms with Crippen LogP contribution in [0.25, 0.3) is 0 Å². The molecule has 2 rings (SSSR count). The lowest BCUT2D eigenvalue weighted by Crippen LogP contribution is -2.11. The molecule has 110 valence electrons. The maximum absolute atomic E-state index is 11.1. The van der Waals surface area contributed by atoms with Gasteiger partial charge in [-0.05, 0) is 30.9 Å². The number of nitrogen functional groups attached to an aromatic ring is 1. The lowest BCUT2D eigenvalue weighted by molar-refractivity contribution is -0.383. The van der Waals surface area contributed by atoms with Gasteiger partial charge in [-0.2, -0.15) is 0 Å². The number of para-hydroxylation sites is 1. The van der Waals surface area contributed by atoms with Gasteiger partial charge in [0.05, 0.1) is 4.92 Å². The van der Waals surface area contributed by atoms with Gasteiger partial charge in [0, 0.05) is 6.54 Å². The van der Waals surface area contributed by atoms with Crippen molar-refractivity contribution in [2.75, 3.05) is 17.3 Å². The second-order valence-corrected chi connectivity index (χ2v) is 5.32. The first kappa shape index (κ1) is 14.6. The van der Waals surface area contributed by atoms with E-state index in [9.17, 15) is 10.1 Å². The Balaban J connectivity index is 1.89. The van der Waals surface area contributed by atoms with Gasteiger partial charge in [0.15, 0.2) is 0 Å². The molecule has 0 spiro atoms. The normalized spacial score (nSPS) is 15.2. The van der Waals surface area contributed by atoms with Crippen molar-refractivity contribution in [1.82, 2.24) is 0 Å². The third-order valence-electron chi connectivity index (χ3n) is 3.95. The third kappa shape index (κ3) is 3.60. The van der Waals surface area contributed by atoms with Crippen LogP contribution in [0.15, 0.2) is 18.2 Å². The largest absolute Gasteiger partial charge is 0.379 e. The van der Waals surface area contributed by atoms with Gasteiger partial charge in [-0.3, -0.25) is 16.0 Å². The van der Waals surface area contributed by atoms with Crippen LogP contribution in [0.2, 0.25) is 0 Å². The van der Waals surface area contributed by atoms with Crippen LogP contribution in [0.1, 0.15) is 38.5 Å². The lowest BCUT2D eigenvalue weighted by Gasteiger charge is -2.11. The Labute approximate surface area is 118 Å². The van der Waals surface area contributed by atoms with Gasteiger partial charge in [0.1, 0.15) is 11.4 Å². The molecular weight excluding hydrogens is 256 g/mol. The van der Waals surface area contributed by atoms with Crippen LogP contribution < -0.4 is 16.6 Å². The maximum atomic E-state index is 11.1. The quantitative estimate of drug-likeness (QED) is 0.308. The van der Waals surface area contributed by atoms with Gasteiger partial charge in [-0.1, -0.05) is 31.7 Å². The van der Waals surface area contributed by atoms with Crippen molar-refractivity contribution in [2.24, 2.45) is 11.8 Å². The van der Waals surface area contributed by atoms with Crippen molar-refractivity contribution in [2.45, 2.75) is 38.5 Å². The summed E-state index contributed by atoms with van der Waals surface area (Å²) in [6, 6.07) is 5.07. The molecule has 6 nitrogen and oxygen atoms in total. The number of nitro groups is 1. The summed E-state index contributed by atoms with van der Waals surface area (Å²) in [5.74, 6) is 6.16. The van der Waals surface area contributed by atoms with Crippen LogP contribution >= 0.6 is 0 Å². The molecule has 1 aliphatic carbocycles. The smallest absolute Gasteiger partial charge is 0.316 e. The van der Waals surface area contributed by atoms with Gasteiger partial charge in [-0.15, -0.1) is 0 Å². The Bertz CT molecular complexity index is 458. The number of hydrogen-bond acceptors (Lipinski definition) is 5. The molecule has 0 heterocycles. The standard InChI is InChI=1S/C14H22N4O2/c15-17-13-9-3-8-12(14(13)18(19)20)16-10-4-7-11-5-1-2-6-11/h3,8-9,11,16-17H,1-2,4-7,10,15H2. The Kier molecular flexibility index (Phi) is 5.17. The minimum atomic E-state index is -0.408. The molecular formula is C14H22N4O2. The summed E-state index contributed by atoms with van der Waals surface area (Å²) in [4.78, 5) is 10.7. The van der Waals surface area contributed by atoms with Crippen LogP contribution in [0.5, 0.6) is 0 Å². The number of anilines is 2. The Morgan fingerprint density at radius 3 is 2.65 bits per heavy atom. The van der Waals surface area contributed by atoms with E-state index >= 15 is 0 Å². The fraction of sp³-hybridized carbons (Fsp3) is 0.571. The van der Waals surface area contributed by atoms with Crippen LogP contribution in [-0.2, 0) is 0 Å². The van der Waals surface area contributed by atoms with Crippen LogP contribution in [-0.4, -0.2) is 11.5 Å². The van der Waals surface area contributed by atoms with Crippen molar-refractivity contribution in [1.29, 1.82) is 0 Å². The highest BCUT2D eigenvalue weighted by molar-refractivity contribution is 5.75. The fourth-order valence-electron chi connectivity index (χ4n) is 2.91. The lowest BCUT2D eigenvalue weighted by atomic mass is 10.0. The van der Waals surface area contributed by atoms with E-state index in [1.54, 1.807) is 18.2 Å². The van der Waals surface area contributed by atoms with E-state index < -0.39 is 4.92 Å². The van der Waals surface area contributed by atoms with Crippen LogP contribution in [0, 0.1) is 16.0 Å². The van der Waals surface area contributed by atoms with Crippen molar-refractivity contribution < 1.29 is 4.92 Å². The van der Waals surface area contributed by atoms with Crippen LogP contribution in [0.3, 0.4) is 0 Å². The van der Waals surface area contributed by atoms with E-state index in [0.717, 1.165) is 18.9 Å². The van der Waals surface area contributed by atoms with E-state index in [-0.39, 0.29) is 5.69 Å². The molecule has 0 saturated heterocycles. The second kappa shape index (κ2) is 7.09. The monoisotopic (exact) mass is 278 g/mol. The van der Waals surface area contributed by atoms with Gasteiger partial charge >= 0.3 is 5.69 Å². The first-order valence-corrected chi connectivity index (χ1v) is 7.20. The zero-order chi connectivity index (χ0) is 14.4. The molecule has 20 heavy (non-hydrogen) atoms. The van der Waals surface area contributed by atoms with Crippen molar-refractivity contribution in [3.63, 3.8) is 0 Å². The molecule has 0 radical (unpaired) electrons. The first-order valence-electron chi connectivity index (χ1n) is 7.20. The molecule has 0 amide bonds. The first-order chi connectivity index (χ1) is 9.72. The summed E-state index contributed by atoms with van der Waals surface area (Å²) in [5.41, 5.74) is 3.24. The SMILES string of the molecule is NNc1cccc(NCCCC2CCCC2)c1[N+](=O)[O-]. The molecule has 0 bridgehead atoms. The summed E-state index contributed by atoms with van der Waals surface area (Å²) in [5, 5.41) is 14.3. The molecule has 4 N–H and O–H groups in total. The predicted octanol–water partition coefficient (Wildman–Crippen LogP) is 3.26. The molecule has 1 aromatic carbocycles. The second-order valence-electron chi connectivity index (χ2n) is 5.32. The minimum Gasteiger partial charge on any atom is -0.379 e. The van der Waals surface area contributed by atoms with Crippen molar-refractivity contribution in [3.8, 4) is 0 Å². The molecule has 1 aliphatic rings. The zero-order valence-electron chi connectivity index (χ0n) is 11.6. The van der Waals surface area contributed by atoms with E-state index in [1.165, 1.54) is 32.1 Å². The molecule has 1 saturated carbocycles. The van der Waals surface area contributed by atoms with Crippen molar-refractivity contribution in [3.05, 3.63) is 28.3 Å². The van der Waals surface area contributed by atoms with Gasteiger partial charge in [0.25, 0.3) is 0 Å². The van der Waals surface area contributed by atoms with Gasteiger partial charge in [0.2, 0.25) is 0 Å². The molecule has 0 aromatic heterocycles. The summed E-state index contributed by atoms with van der Waals surface area (Å²) in [7, 11) is 0. The number of benzene rings is 1. The number of nitro benzene ring substituents is 1. The number of hydrazine groups is 1. The Hall–Kier alpha value is -1.82. The number of nitrogens with two attached hydrogens (primary N) is 1. The zero-order valence-corrected chi connectivity index (χ0v) is 11.6. The van der Waals surface area contributed by atoms with E-state index in [4.69, 9.17) is 5.84 Å². The Morgan fingerprint density at radius 2 is 2.00 bits per heavy atom. The number of nitrogens with zero attached hydrogens (tertiary/aromatic N) is 1. The number of rotatable bonds is 7. The maximum Gasteiger partial charge on any atom is 0.316 e. The third-order valence-corrected chi connectivity index (χ3v) is 3.95.